The van der Waals surface area contributed by atoms with Gasteiger partial charge in [-0.2, -0.15) is 11.8 Å². The molecule has 0 aliphatic carbocycles. The maximum atomic E-state index is 13.3. The summed E-state index contributed by atoms with van der Waals surface area (Å²) >= 11 is 1.68. The zero-order valence-electron chi connectivity index (χ0n) is 18.9. The second-order valence-corrected chi connectivity index (χ2v) is 9.59. The number of hydrogen-bond acceptors (Lipinski definition) is 8. The van der Waals surface area contributed by atoms with Crippen molar-refractivity contribution in [3.8, 4) is 0 Å². The van der Waals surface area contributed by atoms with Crippen molar-refractivity contribution in [2.24, 2.45) is 17.7 Å². The summed E-state index contributed by atoms with van der Waals surface area (Å²) in [6, 6.07) is -1.73. The monoisotopic (exact) mass is 441 g/mol. The summed E-state index contributed by atoms with van der Waals surface area (Å²) in [6.07, 6.45) is 4.65. The van der Waals surface area contributed by atoms with Crippen LogP contribution in [0.15, 0.2) is 12.2 Å². The third kappa shape index (κ3) is 7.46. The predicted octanol–water partition coefficient (Wildman–Crippen LogP) is 1.03. The lowest BCUT2D eigenvalue weighted by Crippen LogP contribution is -2.54. The lowest BCUT2D eigenvalue weighted by Gasteiger charge is -2.31. The number of nitrogens with one attached hydrogen (secondary N) is 3. The number of ketones is 1. The van der Waals surface area contributed by atoms with Gasteiger partial charge in [0.15, 0.2) is 5.78 Å². The molecule has 1 fully saturated rings. The van der Waals surface area contributed by atoms with Gasteiger partial charge in [0.25, 0.3) is 0 Å². The molecule has 9 heteroatoms. The van der Waals surface area contributed by atoms with Gasteiger partial charge in [-0.3, -0.25) is 20.9 Å². The molecule has 1 saturated heterocycles. The number of hydrazine groups is 2. The highest BCUT2D eigenvalue weighted by Gasteiger charge is 2.40. The molecule has 1 heterocycles. The number of likely N-dealkylation sites (tertiary alicyclic amines) is 1. The lowest BCUT2D eigenvalue weighted by atomic mass is 9.91. The van der Waals surface area contributed by atoms with E-state index in [1.54, 1.807) is 16.7 Å². The van der Waals surface area contributed by atoms with Gasteiger partial charge in [0.1, 0.15) is 12.3 Å². The zero-order valence-corrected chi connectivity index (χ0v) is 19.8. The SMILES string of the molecule is C=C(C(=O)[C@H](CC(C)C)N1CC[C@@H](NN[C@H](C=O)C(C)C)C1=O)[C@H](CCSC)NN. The molecule has 0 bridgehead atoms. The van der Waals surface area contributed by atoms with Crippen LogP contribution in [-0.4, -0.2) is 65.6 Å². The van der Waals surface area contributed by atoms with Crippen LogP contribution < -0.4 is 22.1 Å². The summed E-state index contributed by atoms with van der Waals surface area (Å²) in [7, 11) is 0. The Morgan fingerprint density at radius 3 is 2.53 bits per heavy atom. The fourth-order valence-corrected chi connectivity index (χ4v) is 3.97. The van der Waals surface area contributed by atoms with Gasteiger partial charge in [-0.05, 0) is 43.1 Å². The summed E-state index contributed by atoms with van der Waals surface area (Å²) in [4.78, 5) is 39.2. The number of carbonyl (C=O) groups excluding carboxylic acids is 3. The van der Waals surface area contributed by atoms with Gasteiger partial charge in [-0.15, -0.1) is 0 Å². The minimum Gasteiger partial charge on any atom is -0.331 e. The van der Waals surface area contributed by atoms with Crippen LogP contribution in [0, 0.1) is 11.8 Å². The molecule has 0 aromatic heterocycles. The van der Waals surface area contributed by atoms with Crippen molar-refractivity contribution < 1.29 is 14.4 Å². The molecule has 8 nitrogen and oxygen atoms in total. The molecule has 1 amide bonds. The first-order valence-electron chi connectivity index (χ1n) is 10.6. The maximum Gasteiger partial charge on any atom is 0.241 e. The zero-order chi connectivity index (χ0) is 22.8. The van der Waals surface area contributed by atoms with E-state index in [0.717, 1.165) is 12.0 Å². The maximum absolute atomic E-state index is 13.3. The van der Waals surface area contributed by atoms with E-state index in [0.29, 0.717) is 31.4 Å². The Kier molecular flexibility index (Phi) is 11.8. The molecule has 1 aliphatic rings. The minimum atomic E-state index is -0.561. The van der Waals surface area contributed by atoms with Crippen molar-refractivity contribution >= 4 is 29.7 Å². The number of hydrogen-bond donors (Lipinski definition) is 4. The number of rotatable bonds is 15. The molecule has 1 aliphatic heterocycles. The molecule has 172 valence electrons. The third-order valence-electron chi connectivity index (χ3n) is 5.45. The van der Waals surface area contributed by atoms with E-state index in [2.05, 4.69) is 22.9 Å². The predicted molar refractivity (Wildman–Crippen MR) is 123 cm³/mol. The van der Waals surface area contributed by atoms with E-state index in [1.165, 1.54) is 0 Å². The van der Waals surface area contributed by atoms with Gasteiger partial charge in [0, 0.05) is 18.2 Å². The van der Waals surface area contributed by atoms with Crippen molar-refractivity contribution in [3.05, 3.63) is 12.2 Å². The normalized spacial score (nSPS) is 19.9. The van der Waals surface area contributed by atoms with Crippen LogP contribution in [0.2, 0.25) is 0 Å². The summed E-state index contributed by atoms with van der Waals surface area (Å²) in [5, 5.41) is 0. The molecule has 0 spiro atoms. The molecule has 30 heavy (non-hydrogen) atoms. The number of Topliss-reactive ketones (excluding diaryl/α,β-unsaturated/α-hetero) is 1. The number of carbonyl (C=O) groups is 3. The summed E-state index contributed by atoms with van der Waals surface area (Å²) < 4.78 is 0. The minimum absolute atomic E-state index is 0.100. The smallest absolute Gasteiger partial charge is 0.241 e. The number of nitrogens with two attached hydrogens (primary N) is 1. The highest BCUT2D eigenvalue weighted by Crippen LogP contribution is 2.23. The Morgan fingerprint density at radius 1 is 1.37 bits per heavy atom. The van der Waals surface area contributed by atoms with Crippen LogP contribution in [0.25, 0.3) is 0 Å². The van der Waals surface area contributed by atoms with Crippen molar-refractivity contribution in [1.82, 2.24) is 21.2 Å². The Labute approximate surface area is 185 Å². The van der Waals surface area contributed by atoms with Crippen LogP contribution in [0.1, 0.15) is 47.0 Å². The van der Waals surface area contributed by atoms with Crippen molar-refractivity contribution in [2.45, 2.75) is 71.1 Å². The first-order valence-corrected chi connectivity index (χ1v) is 12.0. The lowest BCUT2D eigenvalue weighted by molar-refractivity contribution is -0.137. The second-order valence-electron chi connectivity index (χ2n) is 8.60. The third-order valence-corrected chi connectivity index (χ3v) is 6.10. The molecule has 0 aromatic rings. The molecule has 0 saturated carbocycles. The van der Waals surface area contributed by atoms with Gasteiger partial charge >= 0.3 is 0 Å². The molecule has 4 atom stereocenters. The van der Waals surface area contributed by atoms with E-state index in [9.17, 15) is 14.4 Å². The average molecular weight is 442 g/mol. The molecule has 0 aromatic carbocycles. The van der Waals surface area contributed by atoms with E-state index in [-0.39, 0.29) is 35.6 Å². The Morgan fingerprint density at radius 2 is 2.03 bits per heavy atom. The number of aldehydes is 1. The van der Waals surface area contributed by atoms with Crippen LogP contribution in [-0.2, 0) is 14.4 Å². The molecule has 1 rings (SSSR count). The molecular formula is C21H39N5O3S. The Hall–Kier alpha value is -1.26. The standard InChI is InChI=1S/C21H39N5O3S/c1-13(2)11-19(20(28)15(5)16(23-22)8-10-30-6)26-9-7-17(21(26)29)24-25-18(12-27)14(3)4/h12-14,16-19,23-25H,5,7-11,22H2,1-4,6H3/t16-,17+,18+,19-/m0/s1. The van der Waals surface area contributed by atoms with E-state index in [1.807, 2.05) is 34.0 Å². The van der Waals surface area contributed by atoms with Gasteiger partial charge < -0.3 is 9.69 Å². The fraction of sp³-hybridized carbons (Fsp3) is 0.762. The average Bonchev–Trinajstić information content (AvgIpc) is 3.06. The van der Waals surface area contributed by atoms with Crippen molar-refractivity contribution in [2.75, 3.05) is 18.6 Å². The molecular weight excluding hydrogens is 402 g/mol. The first-order chi connectivity index (χ1) is 14.2. The van der Waals surface area contributed by atoms with Crippen LogP contribution in [0.3, 0.4) is 0 Å². The van der Waals surface area contributed by atoms with E-state index in [4.69, 9.17) is 5.84 Å². The van der Waals surface area contributed by atoms with Crippen LogP contribution in [0.4, 0.5) is 0 Å². The van der Waals surface area contributed by atoms with Crippen molar-refractivity contribution in [1.29, 1.82) is 0 Å². The molecule has 0 unspecified atom stereocenters. The van der Waals surface area contributed by atoms with Gasteiger partial charge in [-0.25, -0.2) is 10.9 Å². The van der Waals surface area contributed by atoms with Crippen molar-refractivity contribution in [3.63, 3.8) is 0 Å². The number of thioether (sulfide) groups is 1. The molecule has 5 N–H and O–H groups in total. The number of amides is 1. The quantitative estimate of drug-likeness (QED) is 0.129. The first kappa shape index (κ1) is 26.8. The van der Waals surface area contributed by atoms with Gasteiger partial charge in [0.2, 0.25) is 5.91 Å². The summed E-state index contributed by atoms with van der Waals surface area (Å²) in [5.74, 6) is 6.58. The van der Waals surface area contributed by atoms with Crippen LogP contribution >= 0.6 is 11.8 Å². The number of nitrogens with zero attached hydrogens (tertiary/aromatic N) is 1. The van der Waals surface area contributed by atoms with E-state index < -0.39 is 12.1 Å². The second kappa shape index (κ2) is 13.2. The highest BCUT2D eigenvalue weighted by atomic mass is 32.2. The van der Waals surface area contributed by atoms with Crippen LogP contribution in [0.5, 0.6) is 0 Å². The Bertz CT molecular complexity index is 599. The topological polar surface area (TPSA) is 117 Å². The van der Waals surface area contributed by atoms with Gasteiger partial charge in [-0.1, -0.05) is 34.3 Å². The largest absolute Gasteiger partial charge is 0.331 e. The van der Waals surface area contributed by atoms with Gasteiger partial charge in [0.05, 0.1) is 12.1 Å². The summed E-state index contributed by atoms with van der Waals surface area (Å²) in [5.41, 5.74) is 9.05. The van der Waals surface area contributed by atoms with E-state index >= 15 is 0 Å². The fourth-order valence-electron chi connectivity index (χ4n) is 3.50. The Balaban J connectivity index is 2.90. The molecule has 0 radical (unpaired) electrons. The summed E-state index contributed by atoms with van der Waals surface area (Å²) in [6.45, 7) is 12.4. The highest BCUT2D eigenvalue weighted by molar-refractivity contribution is 7.98.